The van der Waals surface area contributed by atoms with Gasteiger partial charge < -0.3 is 15.9 Å². The zero-order chi connectivity index (χ0) is 17.7. The molecule has 2 aliphatic rings. The zero-order valence-corrected chi connectivity index (χ0v) is 13.6. The minimum Gasteiger partial charge on any atom is -0.478 e. The van der Waals surface area contributed by atoms with Crippen LogP contribution in [0, 0.1) is 0 Å². The maximum atomic E-state index is 9.55. The highest BCUT2D eigenvalue weighted by Gasteiger charge is 2.33. The number of carboxylic acids is 2. The molecule has 2 aliphatic heterocycles. The number of nitrogen functional groups attached to an aromatic ring is 1. The quantitative estimate of drug-likeness (QED) is 0.580. The molecule has 1 aromatic carbocycles. The molecule has 0 aliphatic carbocycles. The maximum Gasteiger partial charge on any atom is 0.328 e. The molecule has 0 spiro atoms. The number of carbonyl (C=O) groups is 2. The molecule has 6 nitrogen and oxygen atoms in total. The number of fused-ring (bicyclic) bond motifs is 2. The van der Waals surface area contributed by atoms with E-state index in [4.69, 9.17) is 15.9 Å². The van der Waals surface area contributed by atoms with Crippen LogP contribution in [0.5, 0.6) is 0 Å². The third-order valence-corrected chi connectivity index (χ3v) is 4.37. The molecule has 0 radical (unpaired) electrons. The summed E-state index contributed by atoms with van der Waals surface area (Å²) in [7, 11) is 2.25. The molecule has 2 heterocycles. The number of carboxylic acid groups (broad SMARTS) is 2. The molecule has 2 atom stereocenters. The highest BCUT2D eigenvalue weighted by atomic mass is 16.4. The third kappa shape index (κ3) is 4.70. The first-order valence-corrected chi connectivity index (χ1v) is 7.79. The molecule has 0 aromatic heterocycles. The number of nitrogens with two attached hydrogens (primary N) is 1. The lowest BCUT2D eigenvalue weighted by molar-refractivity contribution is -0.134. The van der Waals surface area contributed by atoms with Crippen LogP contribution in [0.4, 0.5) is 5.69 Å². The summed E-state index contributed by atoms with van der Waals surface area (Å²) >= 11 is 0. The predicted molar refractivity (Wildman–Crippen MR) is 92.4 cm³/mol. The molecule has 6 heteroatoms. The Kier molecular flexibility index (Phi) is 5.76. The van der Waals surface area contributed by atoms with E-state index in [0.717, 1.165) is 11.7 Å². The van der Waals surface area contributed by atoms with E-state index >= 15 is 0 Å². The Morgan fingerprint density at radius 2 is 1.88 bits per heavy atom. The van der Waals surface area contributed by atoms with Gasteiger partial charge in [0.15, 0.2) is 0 Å². The summed E-state index contributed by atoms with van der Waals surface area (Å²) in [5, 5.41) is 15.6. The average molecular weight is 330 g/mol. The van der Waals surface area contributed by atoms with Crippen LogP contribution >= 0.6 is 0 Å². The normalized spacial score (nSPS) is 22.6. The SMILES string of the molecule is CN1C2C=C(c3cccc(N)c3)CC1CC2.O=C(O)/C=C/C(=O)O. The molecule has 2 bridgehead atoms. The molecule has 0 saturated carbocycles. The first-order valence-electron chi connectivity index (χ1n) is 7.79. The average Bonchev–Trinajstić information content (AvgIpc) is 2.75. The number of rotatable bonds is 3. The van der Waals surface area contributed by atoms with Crippen LogP contribution in [0.25, 0.3) is 5.57 Å². The topological polar surface area (TPSA) is 104 Å². The van der Waals surface area contributed by atoms with Gasteiger partial charge in [-0.25, -0.2) is 9.59 Å². The molecule has 0 amide bonds. The molecular weight excluding hydrogens is 308 g/mol. The number of aliphatic carboxylic acids is 2. The molecular formula is C18H22N2O4. The number of benzene rings is 1. The number of anilines is 1. The van der Waals surface area contributed by atoms with Crippen molar-refractivity contribution >= 4 is 23.2 Å². The summed E-state index contributed by atoms with van der Waals surface area (Å²) in [5.41, 5.74) is 9.50. The molecule has 1 aromatic rings. The number of hydrogen-bond donors (Lipinski definition) is 3. The lowest BCUT2D eigenvalue weighted by atomic mass is 9.95. The van der Waals surface area contributed by atoms with Gasteiger partial charge in [0.25, 0.3) is 0 Å². The van der Waals surface area contributed by atoms with Gasteiger partial charge in [-0.2, -0.15) is 0 Å². The van der Waals surface area contributed by atoms with Crippen LogP contribution in [0.2, 0.25) is 0 Å². The van der Waals surface area contributed by atoms with Crippen molar-refractivity contribution in [3.63, 3.8) is 0 Å². The summed E-state index contributed by atoms with van der Waals surface area (Å²) in [5.74, 6) is -2.51. The standard InChI is InChI=1S/C14H18N2.C4H4O4/c1-16-13-5-6-14(16)9-11(8-13)10-3-2-4-12(15)7-10;5-3(6)1-2-4(7)8/h2-4,7-8,13-14H,5-6,9,15H2,1H3;1-2H,(H,5,6)(H,7,8)/b;2-1+. The van der Waals surface area contributed by atoms with Gasteiger partial charge in [-0.15, -0.1) is 0 Å². The van der Waals surface area contributed by atoms with Crippen molar-refractivity contribution in [1.82, 2.24) is 4.90 Å². The number of nitrogens with zero attached hydrogens (tertiary/aromatic N) is 1. The second-order valence-corrected chi connectivity index (χ2v) is 6.00. The van der Waals surface area contributed by atoms with E-state index in [-0.39, 0.29) is 0 Å². The van der Waals surface area contributed by atoms with Gasteiger partial charge in [0.05, 0.1) is 0 Å². The lowest BCUT2D eigenvalue weighted by Gasteiger charge is -2.30. The summed E-state index contributed by atoms with van der Waals surface area (Å²) in [6.07, 6.45) is 7.37. The Morgan fingerprint density at radius 1 is 1.21 bits per heavy atom. The molecule has 1 saturated heterocycles. The van der Waals surface area contributed by atoms with Crippen LogP contribution in [0.3, 0.4) is 0 Å². The van der Waals surface area contributed by atoms with Crippen molar-refractivity contribution in [3.8, 4) is 0 Å². The van der Waals surface area contributed by atoms with Crippen molar-refractivity contribution in [2.45, 2.75) is 31.3 Å². The first kappa shape index (κ1) is 17.7. The minimum absolute atomic E-state index is 0.558. The van der Waals surface area contributed by atoms with Crippen molar-refractivity contribution in [1.29, 1.82) is 0 Å². The molecule has 24 heavy (non-hydrogen) atoms. The maximum absolute atomic E-state index is 9.55. The highest BCUT2D eigenvalue weighted by Crippen LogP contribution is 2.37. The van der Waals surface area contributed by atoms with Crippen molar-refractivity contribution in [2.24, 2.45) is 0 Å². The van der Waals surface area contributed by atoms with E-state index in [1.807, 2.05) is 12.1 Å². The van der Waals surface area contributed by atoms with Gasteiger partial charge >= 0.3 is 11.9 Å². The molecule has 128 valence electrons. The summed E-state index contributed by atoms with van der Waals surface area (Å²) < 4.78 is 0. The van der Waals surface area contributed by atoms with Crippen LogP contribution in [0.1, 0.15) is 24.8 Å². The van der Waals surface area contributed by atoms with Gasteiger partial charge in [-0.05, 0) is 49.6 Å². The van der Waals surface area contributed by atoms with Crippen LogP contribution in [-0.4, -0.2) is 46.2 Å². The van der Waals surface area contributed by atoms with Crippen LogP contribution < -0.4 is 5.73 Å². The second-order valence-electron chi connectivity index (χ2n) is 6.00. The van der Waals surface area contributed by atoms with E-state index in [0.29, 0.717) is 18.2 Å². The number of hydrogen-bond acceptors (Lipinski definition) is 4. The monoisotopic (exact) mass is 330 g/mol. The van der Waals surface area contributed by atoms with Crippen LogP contribution in [0.15, 0.2) is 42.5 Å². The number of likely N-dealkylation sites (N-methyl/N-ethyl adjacent to an activating group) is 1. The van der Waals surface area contributed by atoms with Crippen LogP contribution in [-0.2, 0) is 9.59 Å². The Bertz CT molecular complexity index is 665. The Balaban J connectivity index is 0.000000224. The van der Waals surface area contributed by atoms with Crippen molar-refractivity contribution in [3.05, 3.63) is 48.1 Å². The van der Waals surface area contributed by atoms with E-state index in [2.05, 4.69) is 30.2 Å². The molecule has 1 fully saturated rings. The van der Waals surface area contributed by atoms with Gasteiger partial charge in [-0.1, -0.05) is 18.2 Å². The smallest absolute Gasteiger partial charge is 0.328 e. The van der Waals surface area contributed by atoms with Gasteiger partial charge in [-0.3, -0.25) is 4.90 Å². The first-order chi connectivity index (χ1) is 11.4. The molecule has 2 unspecified atom stereocenters. The second kappa shape index (κ2) is 7.79. The predicted octanol–water partition coefficient (Wildman–Crippen LogP) is 2.23. The summed E-state index contributed by atoms with van der Waals surface area (Å²) in [4.78, 5) is 21.6. The van der Waals surface area contributed by atoms with E-state index < -0.39 is 11.9 Å². The van der Waals surface area contributed by atoms with E-state index in [1.165, 1.54) is 30.4 Å². The highest BCUT2D eigenvalue weighted by molar-refractivity contribution is 5.89. The Morgan fingerprint density at radius 3 is 2.42 bits per heavy atom. The largest absolute Gasteiger partial charge is 0.478 e. The Hall–Kier alpha value is -2.60. The zero-order valence-electron chi connectivity index (χ0n) is 13.6. The molecule has 3 rings (SSSR count). The van der Waals surface area contributed by atoms with Gasteiger partial charge in [0.2, 0.25) is 0 Å². The summed E-state index contributed by atoms with van der Waals surface area (Å²) in [6.45, 7) is 0. The third-order valence-electron chi connectivity index (χ3n) is 4.37. The fraction of sp³-hybridized carbons (Fsp3) is 0.333. The van der Waals surface area contributed by atoms with E-state index in [1.54, 1.807) is 0 Å². The van der Waals surface area contributed by atoms with E-state index in [9.17, 15) is 9.59 Å². The molecule has 4 N–H and O–H groups in total. The summed E-state index contributed by atoms with van der Waals surface area (Å²) in [6, 6.07) is 9.66. The minimum atomic E-state index is -1.26. The fourth-order valence-electron chi connectivity index (χ4n) is 3.14. The Labute approximate surface area is 140 Å². The van der Waals surface area contributed by atoms with Gasteiger partial charge in [0.1, 0.15) is 0 Å². The van der Waals surface area contributed by atoms with Crippen molar-refractivity contribution in [2.75, 3.05) is 12.8 Å². The fourth-order valence-corrected chi connectivity index (χ4v) is 3.14. The van der Waals surface area contributed by atoms with Crippen molar-refractivity contribution < 1.29 is 19.8 Å². The lowest BCUT2D eigenvalue weighted by Crippen LogP contribution is -2.34. The van der Waals surface area contributed by atoms with Gasteiger partial charge in [0, 0.05) is 29.9 Å².